The van der Waals surface area contributed by atoms with Gasteiger partial charge >= 0.3 is 6.18 Å². The second kappa shape index (κ2) is 6.99. The predicted octanol–water partition coefficient (Wildman–Crippen LogP) is 5.74. The molecule has 0 aromatic heterocycles. The highest BCUT2D eigenvalue weighted by atomic mass is 19.4. The van der Waals surface area contributed by atoms with Crippen LogP contribution in [-0.2, 0) is 11.6 Å². The van der Waals surface area contributed by atoms with E-state index in [0.717, 1.165) is 18.9 Å². The molecule has 0 spiro atoms. The van der Waals surface area contributed by atoms with Crippen molar-refractivity contribution in [3.63, 3.8) is 0 Å². The summed E-state index contributed by atoms with van der Waals surface area (Å²) < 4.78 is 39.2. The summed E-state index contributed by atoms with van der Waals surface area (Å²) in [7, 11) is 0. The summed E-state index contributed by atoms with van der Waals surface area (Å²) >= 11 is 0. The predicted molar refractivity (Wildman–Crippen MR) is 86.2 cm³/mol. The monoisotopic (exact) mass is 312 g/mol. The van der Waals surface area contributed by atoms with Crippen LogP contribution in [0.2, 0.25) is 0 Å². The van der Waals surface area contributed by atoms with Crippen LogP contribution in [0.4, 0.5) is 18.9 Å². The zero-order valence-electron chi connectivity index (χ0n) is 13.5. The van der Waals surface area contributed by atoms with Crippen molar-refractivity contribution in [2.45, 2.75) is 52.1 Å². The quantitative estimate of drug-likeness (QED) is 0.483. The molecule has 1 aromatic carbocycles. The van der Waals surface area contributed by atoms with Crippen molar-refractivity contribution in [2.24, 2.45) is 5.10 Å². The summed E-state index contributed by atoms with van der Waals surface area (Å²) in [5.74, 6) is 0. The van der Waals surface area contributed by atoms with Gasteiger partial charge in [-0.1, -0.05) is 27.4 Å². The Labute approximate surface area is 130 Å². The van der Waals surface area contributed by atoms with Gasteiger partial charge in [0.1, 0.15) is 0 Å². The highest BCUT2D eigenvalue weighted by Gasteiger charge is 2.34. The molecule has 0 atom stereocenters. The highest BCUT2D eigenvalue weighted by molar-refractivity contribution is 5.63. The van der Waals surface area contributed by atoms with Gasteiger partial charge in [0, 0.05) is 12.4 Å². The molecule has 0 radical (unpaired) electrons. The van der Waals surface area contributed by atoms with Gasteiger partial charge in [-0.2, -0.15) is 18.3 Å². The van der Waals surface area contributed by atoms with E-state index in [1.54, 1.807) is 13.1 Å². The smallest absolute Gasteiger partial charge is 0.242 e. The second-order valence-corrected chi connectivity index (χ2v) is 5.40. The summed E-state index contributed by atoms with van der Waals surface area (Å²) in [5.41, 5.74) is 0.273. The Hall–Kier alpha value is -1.78. The van der Waals surface area contributed by atoms with Crippen molar-refractivity contribution in [2.75, 3.05) is 5.01 Å². The minimum Gasteiger partial charge on any atom is -0.242 e. The average molecular weight is 312 g/mol. The molecule has 22 heavy (non-hydrogen) atoms. The Morgan fingerprint density at radius 3 is 2.23 bits per heavy atom. The summed E-state index contributed by atoms with van der Waals surface area (Å²) in [4.78, 5) is 0. The first kappa shape index (κ1) is 18.3. The lowest BCUT2D eigenvalue weighted by molar-refractivity contribution is -0.137. The van der Waals surface area contributed by atoms with Gasteiger partial charge in [-0.05, 0) is 48.9 Å². The third-order valence-corrected chi connectivity index (χ3v) is 4.19. The van der Waals surface area contributed by atoms with Crippen LogP contribution < -0.4 is 5.01 Å². The van der Waals surface area contributed by atoms with E-state index < -0.39 is 11.7 Å². The van der Waals surface area contributed by atoms with Gasteiger partial charge in [-0.15, -0.1) is 0 Å². The average Bonchev–Trinajstić information content (AvgIpc) is 2.50. The first-order valence-electron chi connectivity index (χ1n) is 7.35. The van der Waals surface area contributed by atoms with Crippen LogP contribution in [0.1, 0.15) is 51.7 Å². The molecular formula is C17H23F3N2. The molecule has 122 valence electrons. The molecule has 0 aliphatic rings. The first-order valence-corrected chi connectivity index (χ1v) is 7.35. The summed E-state index contributed by atoms with van der Waals surface area (Å²) in [6.07, 6.45) is 0.191. The van der Waals surface area contributed by atoms with Crippen molar-refractivity contribution in [1.29, 1.82) is 0 Å². The third kappa shape index (κ3) is 3.70. The standard InChI is InChI=1S/C17H23F3N2/c1-6-16(5,7-2)14-12-13(17(18,19)20)10-11-15(14)22(9-4)21-8-3/h8-12H,4,6-7H2,1-3,5H3/b21-8-. The zero-order chi connectivity index (χ0) is 17.0. The van der Waals surface area contributed by atoms with Crippen molar-refractivity contribution >= 4 is 11.9 Å². The van der Waals surface area contributed by atoms with E-state index in [1.807, 2.05) is 20.8 Å². The van der Waals surface area contributed by atoms with Crippen LogP contribution in [-0.4, -0.2) is 6.21 Å². The van der Waals surface area contributed by atoms with Crippen LogP contribution in [0.15, 0.2) is 36.1 Å². The lowest BCUT2D eigenvalue weighted by Gasteiger charge is -2.32. The van der Waals surface area contributed by atoms with E-state index in [4.69, 9.17) is 0 Å². The topological polar surface area (TPSA) is 15.6 Å². The zero-order valence-corrected chi connectivity index (χ0v) is 13.5. The number of benzene rings is 1. The molecule has 1 rings (SSSR count). The number of anilines is 1. The largest absolute Gasteiger partial charge is 0.416 e. The Kier molecular flexibility index (Phi) is 5.80. The molecule has 2 nitrogen and oxygen atoms in total. The number of alkyl halides is 3. The Morgan fingerprint density at radius 1 is 1.23 bits per heavy atom. The van der Waals surface area contributed by atoms with Crippen LogP contribution >= 0.6 is 0 Å². The molecule has 0 amide bonds. The molecule has 0 fully saturated rings. The SMILES string of the molecule is C=CN(/N=C\C)c1ccc(C(F)(F)F)cc1C(C)(CC)CC. The van der Waals surface area contributed by atoms with Crippen LogP contribution in [0.5, 0.6) is 0 Å². The van der Waals surface area contributed by atoms with Crippen molar-refractivity contribution in [3.8, 4) is 0 Å². The second-order valence-electron chi connectivity index (χ2n) is 5.40. The third-order valence-electron chi connectivity index (χ3n) is 4.19. The number of nitrogens with zero attached hydrogens (tertiary/aromatic N) is 2. The number of hydrazone groups is 1. The van der Waals surface area contributed by atoms with Gasteiger partial charge in [0.25, 0.3) is 0 Å². The van der Waals surface area contributed by atoms with Crippen LogP contribution in [0.3, 0.4) is 0 Å². The van der Waals surface area contributed by atoms with E-state index in [9.17, 15) is 13.2 Å². The maximum absolute atomic E-state index is 13.1. The maximum Gasteiger partial charge on any atom is 0.416 e. The van der Waals surface area contributed by atoms with Gasteiger partial charge in [-0.25, -0.2) is 5.01 Å². The minimum absolute atomic E-state index is 0.360. The van der Waals surface area contributed by atoms with E-state index in [2.05, 4.69) is 11.7 Å². The van der Waals surface area contributed by atoms with Crippen molar-refractivity contribution in [3.05, 3.63) is 42.1 Å². The van der Waals surface area contributed by atoms with Gasteiger partial charge in [0.15, 0.2) is 0 Å². The van der Waals surface area contributed by atoms with E-state index in [1.165, 1.54) is 23.3 Å². The Morgan fingerprint density at radius 2 is 1.82 bits per heavy atom. The fraction of sp³-hybridized carbons (Fsp3) is 0.471. The van der Waals surface area contributed by atoms with Crippen molar-refractivity contribution < 1.29 is 13.2 Å². The van der Waals surface area contributed by atoms with E-state index in [-0.39, 0.29) is 5.41 Å². The Bertz CT molecular complexity index is 543. The van der Waals surface area contributed by atoms with Gasteiger partial charge in [0.05, 0.1) is 11.3 Å². The van der Waals surface area contributed by atoms with Gasteiger partial charge in [0.2, 0.25) is 0 Å². The normalized spacial score (nSPS) is 12.7. The summed E-state index contributed by atoms with van der Waals surface area (Å²) in [6.45, 7) is 11.4. The minimum atomic E-state index is -4.36. The molecule has 1 aromatic rings. The summed E-state index contributed by atoms with van der Waals surface area (Å²) in [6, 6.07) is 3.80. The highest BCUT2D eigenvalue weighted by Crippen LogP contribution is 2.41. The summed E-state index contributed by atoms with van der Waals surface area (Å²) in [5, 5.41) is 5.67. The molecule has 0 aliphatic heterocycles. The molecule has 0 saturated carbocycles. The van der Waals surface area contributed by atoms with Gasteiger partial charge < -0.3 is 0 Å². The lowest BCUT2D eigenvalue weighted by Crippen LogP contribution is -2.24. The first-order chi connectivity index (χ1) is 10.2. The number of hydrogen-bond acceptors (Lipinski definition) is 2. The Balaban J connectivity index is 3.60. The molecule has 0 N–H and O–H groups in total. The molecule has 0 bridgehead atoms. The lowest BCUT2D eigenvalue weighted by atomic mass is 9.76. The van der Waals surface area contributed by atoms with Gasteiger partial charge in [-0.3, -0.25) is 0 Å². The fourth-order valence-corrected chi connectivity index (χ4v) is 2.36. The van der Waals surface area contributed by atoms with Crippen molar-refractivity contribution in [1.82, 2.24) is 0 Å². The molecule has 0 heterocycles. The molecule has 0 unspecified atom stereocenters. The molecule has 5 heteroatoms. The molecule has 0 saturated heterocycles. The number of halogens is 3. The molecule has 0 aliphatic carbocycles. The van der Waals surface area contributed by atoms with E-state index >= 15 is 0 Å². The number of hydrogen-bond donors (Lipinski definition) is 0. The van der Waals surface area contributed by atoms with Crippen LogP contribution in [0, 0.1) is 0 Å². The van der Waals surface area contributed by atoms with Crippen LogP contribution in [0.25, 0.3) is 0 Å². The fourth-order valence-electron chi connectivity index (χ4n) is 2.36. The number of rotatable bonds is 6. The molecular weight excluding hydrogens is 289 g/mol. The van der Waals surface area contributed by atoms with E-state index in [0.29, 0.717) is 11.3 Å². The maximum atomic E-state index is 13.1.